The monoisotopic (exact) mass is 417 g/mol. The largest absolute Gasteiger partial charge is 0.352 e. The number of fused-ring (bicyclic) bond motifs is 2. The molecule has 2 aromatic rings. The average Bonchev–Trinajstić information content (AvgIpc) is 3.29. The zero-order valence-electron chi connectivity index (χ0n) is 15.9. The van der Waals surface area contributed by atoms with E-state index in [-0.39, 0.29) is 42.0 Å². The summed E-state index contributed by atoms with van der Waals surface area (Å²) in [6.45, 7) is 0.416. The SMILES string of the molecule is Cl.NC1C2CCC(C2)C1C(=O)NCc1ccc(C(=O)Nc2ccc(F)cc2)cc1. The Morgan fingerprint density at radius 3 is 2.28 bits per heavy atom. The fraction of sp³-hybridized carbons (Fsp3) is 0.364. The van der Waals surface area contributed by atoms with Crippen molar-refractivity contribution in [2.45, 2.75) is 31.8 Å². The highest BCUT2D eigenvalue weighted by Crippen LogP contribution is 2.47. The van der Waals surface area contributed by atoms with Crippen LogP contribution >= 0.6 is 12.4 Å². The molecule has 2 aliphatic rings. The van der Waals surface area contributed by atoms with E-state index in [4.69, 9.17) is 5.73 Å². The molecule has 0 aromatic heterocycles. The van der Waals surface area contributed by atoms with Crippen molar-refractivity contribution < 1.29 is 14.0 Å². The number of rotatable bonds is 5. The lowest BCUT2D eigenvalue weighted by atomic mass is 9.84. The van der Waals surface area contributed by atoms with Gasteiger partial charge in [0.1, 0.15) is 5.82 Å². The Bertz CT molecular complexity index is 871. The second-order valence-corrected chi connectivity index (χ2v) is 7.81. The van der Waals surface area contributed by atoms with E-state index in [1.807, 2.05) is 12.1 Å². The molecule has 2 fully saturated rings. The van der Waals surface area contributed by atoms with Crippen LogP contribution in [0.5, 0.6) is 0 Å². The van der Waals surface area contributed by atoms with Gasteiger partial charge in [0.2, 0.25) is 5.91 Å². The summed E-state index contributed by atoms with van der Waals surface area (Å²) in [5.74, 6) is 0.278. The van der Waals surface area contributed by atoms with E-state index < -0.39 is 0 Å². The van der Waals surface area contributed by atoms with Crippen molar-refractivity contribution in [2.75, 3.05) is 5.32 Å². The Balaban J connectivity index is 0.00000240. The summed E-state index contributed by atoms with van der Waals surface area (Å²) in [6.07, 6.45) is 3.34. The van der Waals surface area contributed by atoms with Gasteiger partial charge in [0.25, 0.3) is 5.91 Å². The maximum atomic E-state index is 12.9. The van der Waals surface area contributed by atoms with Crippen LogP contribution in [0.1, 0.15) is 35.2 Å². The summed E-state index contributed by atoms with van der Waals surface area (Å²) in [5.41, 5.74) is 8.18. The zero-order valence-corrected chi connectivity index (χ0v) is 16.8. The van der Waals surface area contributed by atoms with Crippen molar-refractivity contribution in [1.82, 2.24) is 5.32 Å². The lowest BCUT2D eigenvalue weighted by Crippen LogP contribution is -2.45. The third kappa shape index (κ3) is 4.60. The summed E-state index contributed by atoms with van der Waals surface area (Å²) in [6, 6.07) is 12.7. The van der Waals surface area contributed by atoms with Gasteiger partial charge >= 0.3 is 0 Å². The van der Waals surface area contributed by atoms with Crippen LogP contribution in [0, 0.1) is 23.6 Å². The maximum Gasteiger partial charge on any atom is 0.255 e. The minimum atomic E-state index is -0.351. The number of carbonyl (C=O) groups is 2. The molecule has 0 heterocycles. The van der Waals surface area contributed by atoms with Crippen molar-refractivity contribution in [3.63, 3.8) is 0 Å². The first-order valence-corrected chi connectivity index (χ1v) is 9.70. The van der Waals surface area contributed by atoms with E-state index in [9.17, 15) is 14.0 Å². The van der Waals surface area contributed by atoms with Crippen LogP contribution in [-0.2, 0) is 11.3 Å². The van der Waals surface area contributed by atoms with E-state index >= 15 is 0 Å². The molecule has 2 amide bonds. The maximum absolute atomic E-state index is 12.9. The Hall–Kier alpha value is -2.44. The molecular formula is C22H25ClFN3O2. The number of nitrogens with two attached hydrogens (primary N) is 1. The first kappa shape index (κ1) is 21.3. The van der Waals surface area contributed by atoms with Gasteiger partial charge in [0.05, 0.1) is 5.92 Å². The number of carbonyl (C=O) groups excluding carboxylic acids is 2. The molecule has 4 unspecified atom stereocenters. The topological polar surface area (TPSA) is 84.2 Å². The molecule has 4 N–H and O–H groups in total. The first-order valence-electron chi connectivity index (χ1n) is 9.70. The molecule has 7 heteroatoms. The quantitative estimate of drug-likeness (QED) is 0.696. The number of nitrogens with one attached hydrogen (secondary N) is 2. The molecule has 0 spiro atoms. The molecule has 0 radical (unpaired) electrons. The standard InChI is InChI=1S/C22H24FN3O2.ClH/c23-17-7-9-18(10-8-17)26-21(27)14-3-1-13(2-4-14)12-25-22(28)19-15-5-6-16(11-15)20(19)24;/h1-4,7-10,15-16,19-20H,5-6,11-12,24H2,(H,25,28)(H,26,27);1H. The Labute approximate surface area is 175 Å². The van der Waals surface area contributed by atoms with Gasteiger partial charge in [-0.2, -0.15) is 0 Å². The highest BCUT2D eigenvalue weighted by Gasteiger charge is 2.48. The smallest absolute Gasteiger partial charge is 0.255 e. The van der Waals surface area contributed by atoms with Gasteiger partial charge < -0.3 is 16.4 Å². The van der Waals surface area contributed by atoms with Crippen molar-refractivity contribution in [2.24, 2.45) is 23.5 Å². The lowest BCUT2D eigenvalue weighted by Gasteiger charge is -2.27. The molecule has 0 saturated heterocycles. The minimum absolute atomic E-state index is 0. The highest BCUT2D eigenvalue weighted by molar-refractivity contribution is 6.04. The van der Waals surface area contributed by atoms with Crippen LogP contribution in [0.25, 0.3) is 0 Å². The molecule has 0 aliphatic heterocycles. The second-order valence-electron chi connectivity index (χ2n) is 7.81. The number of anilines is 1. The summed E-state index contributed by atoms with van der Waals surface area (Å²) < 4.78 is 12.9. The summed E-state index contributed by atoms with van der Waals surface area (Å²) in [7, 11) is 0. The minimum Gasteiger partial charge on any atom is -0.352 e. The number of amides is 2. The number of hydrogen-bond donors (Lipinski definition) is 3. The van der Waals surface area contributed by atoms with Gasteiger partial charge in [-0.05, 0) is 73.1 Å². The van der Waals surface area contributed by atoms with Crippen LogP contribution in [-0.4, -0.2) is 17.9 Å². The van der Waals surface area contributed by atoms with Crippen molar-refractivity contribution in [1.29, 1.82) is 0 Å². The van der Waals surface area contributed by atoms with E-state index in [1.54, 1.807) is 12.1 Å². The van der Waals surface area contributed by atoms with E-state index in [0.29, 0.717) is 29.6 Å². The van der Waals surface area contributed by atoms with Crippen molar-refractivity contribution in [3.05, 3.63) is 65.5 Å². The van der Waals surface area contributed by atoms with Crippen LogP contribution in [0.3, 0.4) is 0 Å². The van der Waals surface area contributed by atoms with Gasteiger partial charge in [-0.15, -0.1) is 12.4 Å². The van der Waals surface area contributed by atoms with Gasteiger partial charge in [0.15, 0.2) is 0 Å². The van der Waals surface area contributed by atoms with E-state index in [0.717, 1.165) is 24.8 Å². The summed E-state index contributed by atoms with van der Waals surface area (Å²) in [4.78, 5) is 24.8. The van der Waals surface area contributed by atoms with Crippen molar-refractivity contribution >= 4 is 29.9 Å². The fourth-order valence-electron chi connectivity index (χ4n) is 4.54. The third-order valence-corrected chi connectivity index (χ3v) is 6.07. The van der Waals surface area contributed by atoms with Gasteiger partial charge in [0, 0.05) is 23.8 Å². The van der Waals surface area contributed by atoms with E-state index in [1.165, 1.54) is 24.3 Å². The lowest BCUT2D eigenvalue weighted by molar-refractivity contribution is -0.127. The Morgan fingerprint density at radius 1 is 1.00 bits per heavy atom. The molecule has 4 atom stereocenters. The molecule has 5 nitrogen and oxygen atoms in total. The first-order chi connectivity index (χ1) is 13.5. The molecule has 4 rings (SSSR count). The Kier molecular flexibility index (Phi) is 6.55. The molecule has 2 saturated carbocycles. The number of benzene rings is 2. The second kappa shape index (κ2) is 8.93. The zero-order chi connectivity index (χ0) is 19.7. The van der Waals surface area contributed by atoms with Crippen LogP contribution in [0.15, 0.2) is 48.5 Å². The van der Waals surface area contributed by atoms with Gasteiger partial charge in [-0.1, -0.05) is 12.1 Å². The molecule has 2 aromatic carbocycles. The summed E-state index contributed by atoms with van der Waals surface area (Å²) >= 11 is 0. The normalized spacial score (nSPS) is 24.6. The van der Waals surface area contributed by atoms with Gasteiger partial charge in [-0.3, -0.25) is 9.59 Å². The summed E-state index contributed by atoms with van der Waals surface area (Å²) in [5, 5.41) is 5.72. The molecule has 154 valence electrons. The van der Waals surface area contributed by atoms with Crippen molar-refractivity contribution in [3.8, 4) is 0 Å². The fourth-order valence-corrected chi connectivity index (χ4v) is 4.54. The molecule has 2 bridgehead atoms. The Morgan fingerprint density at radius 2 is 1.66 bits per heavy atom. The predicted octanol–water partition coefficient (Wildman–Crippen LogP) is 3.49. The van der Waals surface area contributed by atoms with Crippen LogP contribution in [0.2, 0.25) is 0 Å². The van der Waals surface area contributed by atoms with Crippen LogP contribution in [0.4, 0.5) is 10.1 Å². The van der Waals surface area contributed by atoms with Gasteiger partial charge in [-0.25, -0.2) is 4.39 Å². The molecular weight excluding hydrogens is 393 g/mol. The molecule has 29 heavy (non-hydrogen) atoms. The molecule has 2 aliphatic carbocycles. The third-order valence-electron chi connectivity index (χ3n) is 6.07. The van der Waals surface area contributed by atoms with E-state index in [2.05, 4.69) is 10.6 Å². The number of halogens is 2. The van der Waals surface area contributed by atoms with Crippen LogP contribution < -0.4 is 16.4 Å². The number of hydrogen-bond acceptors (Lipinski definition) is 3. The predicted molar refractivity (Wildman–Crippen MR) is 112 cm³/mol. The highest BCUT2D eigenvalue weighted by atomic mass is 35.5. The average molecular weight is 418 g/mol.